The van der Waals surface area contributed by atoms with Gasteiger partial charge >= 0.3 is 0 Å². The Bertz CT molecular complexity index is 769. The molecule has 1 aliphatic carbocycles. The van der Waals surface area contributed by atoms with Crippen molar-refractivity contribution in [1.82, 2.24) is 4.90 Å². The monoisotopic (exact) mass is 364 g/mol. The van der Waals surface area contributed by atoms with Crippen molar-refractivity contribution in [2.24, 2.45) is 0 Å². The van der Waals surface area contributed by atoms with Gasteiger partial charge in [0.1, 0.15) is 0 Å². The van der Waals surface area contributed by atoms with Crippen LogP contribution in [-0.2, 0) is 0 Å². The first-order chi connectivity index (χ1) is 13.1. The molecule has 2 aromatic carbocycles. The molecular weight excluding hydrogens is 332 g/mol. The zero-order chi connectivity index (χ0) is 19.4. The molecule has 2 aromatic rings. The fourth-order valence-corrected chi connectivity index (χ4v) is 3.71. The molecule has 27 heavy (non-hydrogen) atoms. The van der Waals surface area contributed by atoms with Gasteiger partial charge in [-0.3, -0.25) is 4.79 Å². The Morgan fingerprint density at radius 1 is 0.852 bits per heavy atom. The van der Waals surface area contributed by atoms with Gasteiger partial charge in [-0.05, 0) is 56.4 Å². The molecule has 0 unspecified atom stereocenters. The van der Waals surface area contributed by atoms with Crippen molar-refractivity contribution >= 4 is 11.6 Å². The molecule has 3 heteroatoms. The van der Waals surface area contributed by atoms with E-state index >= 15 is 0 Å². The number of aryl methyl sites for hydroxylation is 2. The zero-order valence-electron chi connectivity index (χ0n) is 17.2. The lowest BCUT2D eigenvalue weighted by Crippen LogP contribution is -2.49. The fourth-order valence-electron chi connectivity index (χ4n) is 3.71. The largest absolute Gasteiger partial charge is 0.368 e. The zero-order valence-corrected chi connectivity index (χ0v) is 17.2. The number of carbonyl (C=O) groups excluding carboxylic acids is 1. The molecule has 0 radical (unpaired) electrons. The summed E-state index contributed by atoms with van der Waals surface area (Å²) >= 11 is 0. The van der Waals surface area contributed by atoms with Crippen LogP contribution in [0.25, 0.3) is 0 Å². The van der Waals surface area contributed by atoms with E-state index in [1.54, 1.807) is 0 Å². The minimum absolute atomic E-state index is 0.158. The summed E-state index contributed by atoms with van der Waals surface area (Å²) in [4.78, 5) is 17.1. The predicted octanol–water partition coefficient (Wildman–Crippen LogP) is 5.17. The van der Waals surface area contributed by atoms with Gasteiger partial charge in [-0.15, -0.1) is 0 Å². The summed E-state index contributed by atoms with van der Waals surface area (Å²) in [6.45, 7) is 11.6. The maximum atomic E-state index is 12.7. The first-order valence-electron chi connectivity index (χ1n) is 10.3. The van der Waals surface area contributed by atoms with Crippen molar-refractivity contribution in [2.75, 3.05) is 31.1 Å². The number of hydrogen-bond donors (Lipinski definition) is 0. The van der Waals surface area contributed by atoms with E-state index in [-0.39, 0.29) is 5.91 Å². The second-order valence-corrected chi connectivity index (χ2v) is 7.48. The van der Waals surface area contributed by atoms with Crippen molar-refractivity contribution in [2.45, 2.75) is 46.5 Å². The van der Waals surface area contributed by atoms with Gasteiger partial charge in [0.25, 0.3) is 5.91 Å². The Morgan fingerprint density at radius 3 is 2.04 bits per heavy atom. The van der Waals surface area contributed by atoms with Crippen LogP contribution in [-0.4, -0.2) is 37.0 Å². The molecule has 144 valence electrons. The highest BCUT2D eigenvalue weighted by Gasteiger charge is 2.29. The normalized spacial score (nSPS) is 16.6. The number of anilines is 1. The average molecular weight is 365 g/mol. The Kier molecular flexibility index (Phi) is 6.20. The summed E-state index contributed by atoms with van der Waals surface area (Å²) < 4.78 is 0. The van der Waals surface area contributed by atoms with E-state index in [9.17, 15) is 4.79 Å². The SMILES string of the molecule is CC.Cc1ccc(C(=O)N2CCN(c3ccc(C)cc3C3CC3)CC2)cc1. The molecule has 0 spiro atoms. The van der Waals surface area contributed by atoms with Crippen LogP contribution in [0.15, 0.2) is 42.5 Å². The number of rotatable bonds is 3. The smallest absolute Gasteiger partial charge is 0.253 e. The summed E-state index contributed by atoms with van der Waals surface area (Å²) in [5, 5.41) is 0. The van der Waals surface area contributed by atoms with Crippen LogP contribution < -0.4 is 4.90 Å². The number of amides is 1. The van der Waals surface area contributed by atoms with E-state index in [1.165, 1.54) is 35.2 Å². The predicted molar refractivity (Wildman–Crippen MR) is 114 cm³/mol. The van der Waals surface area contributed by atoms with Gasteiger partial charge in [0.15, 0.2) is 0 Å². The molecule has 0 bridgehead atoms. The maximum Gasteiger partial charge on any atom is 0.253 e. The Balaban J connectivity index is 0.00000102. The summed E-state index contributed by atoms with van der Waals surface area (Å²) in [5.74, 6) is 0.910. The van der Waals surface area contributed by atoms with Crippen LogP contribution in [0.2, 0.25) is 0 Å². The third kappa shape index (κ3) is 4.52. The lowest BCUT2D eigenvalue weighted by molar-refractivity contribution is 0.0747. The number of hydrogen-bond acceptors (Lipinski definition) is 2. The van der Waals surface area contributed by atoms with Gasteiger partial charge < -0.3 is 9.80 Å². The Hall–Kier alpha value is -2.29. The van der Waals surface area contributed by atoms with Gasteiger partial charge in [0, 0.05) is 37.4 Å². The van der Waals surface area contributed by atoms with E-state index in [1.807, 2.05) is 49.9 Å². The molecular formula is C24H32N2O. The average Bonchev–Trinajstić information content (AvgIpc) is 3.55. The molecule has 0 N–H and O–H groups in total. The molecule has 1 heterocycles. The molecule has 4 rings (SSSR count). The molecule has 1 saturated heterocycles. The van der Waals surface area contributed by atoms with Crippen LogP contribution in [0, 0.1) is 13.8 Å². The lowest BCUT2D eigenvalue weighted by Gasteiger charge is -2.37. The van der Waals surface area contributed by atoms with Crippen LogP contribution in [0.1, 0.15) is 59.7 Å². The second-order valence-electron chi connectivity index (χ2n) is 7.48. The molecule has 2 fully saturated rings. The first-order valence-corrected chi connectivity index (χ1v) is 10.3. The van der Waals surface area contributed by atoms with E-state index in [0.29, 0.717) is 0 Å². The molecule has 1 saturated carbocycles. The topological polar surface area (TPSA) is 23.6 Å². The summed E-state index contributed by atoms with van der Waals surface area (Å²) in [6.07, 6.45) is 2.64. The number of carbonyl (C=O) groups is 1. The second kappa shape index (κ2) is 8.60. The highest BCUT2D eigenvalue weighted by molar-refractivity contribution is 5.94. The molecule has 3 nitrogen and oxygen atoms in total. The summed E-state index contributed by atoms with van der Waals surface area (Å²) in [7, 11) is 0. The van der Waals surface area contributed by atoms with Crippen molar-refractivity contribution < 1.29 is 4.79 Å². The van der Waals surface area contributed by atoms with Gasteiger partial charge in [-0.1, -0.05) is 49.2 Å². The molecule has 2 aliphatic rings. The maximum absolute atomic E-state index is 12.7. The van der Waals surface area contributed by atoms with Crippen LogP contribution in [0.5, 0.6) is 0 Å². The van der Waals surface area contributed by atoms with Crippen LogP contribution in [0.3, 0.4) is 0 Å². The van der Waals surface area contributed by atoms with Crippen molar-refractivity contribution in [3.63, 3.8) is 0 Å². The quantitative estimate of drug-likeness (QED) is 0.750. The Labute approximate surface area is 164 Å². The van der Waals surface area contributed by atoms with E-state index in [4.69, 9.17) is 0 Å². The minimum Gasteiger partial charge on any atom is -0.368 e. The minimum atomic E-state index is 0.158. The summed E-state index contributed by atoms with van der Waals surface area (Å²) in [6, 6.07) is 14.8. The van der Waals surface area contributed by atoms with Gasteiger partial charge in [-0.25, -0.2) is 0 Å². The van der Waals surface area contributed by atoms with Gasteiger partial charge in [-0.2, -0.15) is 0 Å². The highest BCUT2D eigenvalue weighted by Crippen LogP contribution is 2.44. The van der Waals surface area contributed by atoms with E-state index in [0.717, 1.165) is 37.7 Å². The van der Waals surface area contributed by atoms with E-state index in [2.05, 4.69) is 30.0 Å². The van der Waals surface area contributed by atoms with Crippen molar-refractivity contribution in [1.29, 1.82) is 0 Å². The van der Waals surface area contributed by atoms with Crippen molar-refractivity contribution in [3.8, 4) is 0 Å². The lowest BCUT2D eigenvalue weighted by atomic mass is 10.0. The molecule has 0 aromatic heterocycles. The third-order valence-electron chi connectivity index (χ3n) is 5.41. The first kappa shape index (κ1) is 19.5. The summed E-state index contributed by atoms with van der Waals surface area (Å²) in [5.41, 5.74) is 6.23. The van der Waals surface area contributed by atoms with E-state index < -0.39 is 0 Å². The number of nitrogens with zero attached hydrogens (tertiary/aromatic N) is 2. The standard InChI is InChI=1S/C22H26N2O.C2H6/c1-16-3-6-19(7-4-16)22(25)24-13-11-23(12-14-24)21-10-5-17(2)15-20(21)18-8-9-18;1-2/h3-7,10,15,18H,8-9,11-14H2,1-2H3;1-2H3. The molecule has 1 amide bonds. The number of benzene rings is 2. The molecule has 1 aliphatic heterocycles. The van der Waals surface area contributed by atoms with Gasteiger partial charge in [0.05, 0.1) is 0 Å². The Morgan fingerprint density at radius 2 is 1.44 bits per heavy atom. The highest BCUT2D eigenvalue weighted by atomic mass is 16.2. The number of piperazine rings is 1. The van der Waals surface area contributed by atoms with Gasteiger partial charge in [0.2, 0.25) is 0 Å². The van der Waals surface area contributed by atoms with Crippen LogP contribution >= 0.6 is 0 Å². The van der Waals surface area contributed by atoms with Crippen LogP contribution in [0.4, 0.5) is 5.69 Å². The third-order valence-corrected chi connectivity index (χ3v) is 5.41. The fraction of sp³-hybridized carbons (Fsp3) is 0.458. The van der Waals surface area contributed by atoms with Crippen molar-refractivity contribution in [3.05, 3.63) is 64.7 Å². The molecule has 0 atom stereocenters.